The standard InChI is InChI=1S/C31H36N2O3/c1-3-4-5-6-7-10-21-35-26-19-15-24(16-20-26)31-33-29(27-11-8-9-12-30(27)36-31)22-28(32-33)23-13-17-25(34-2)18-14-23/h8-9,11-20,29,31H,3-7,10,21-22H2,1-2H3/t29-,31-/m1/s1. The Morgan fingerprint density at radius 1 is 0.861 bits per heavy atom. The van der Waals surface area contributed by atoms with Crippen molar-refractivity contribution >= 4 is 5.71 Å². The van der Waals surface area contributed by atoms with Crippen LogP contribution in [0.2, 0.25) is 0 Å². The molecule has 0 N–H and O–H groups in total. The average Bonchev–Trinajstić information content (AvgIpc) is 3.38. The Balaban J connectivity index is 1.30. The predicted octanol–water partition coefficient (Wildman–Crippen LogP) is 7.68. The molecule has 0 unspecified atom stereocenters. The lowest BCUT2D eigenvalue weighted by Gasteiger charge is -2.38. The van der Waals surface area contributed by atoms with Gasteiger partial charge >= 0.3 is 0 Å². The molecule has 5 nitrogen and oxygen atoms in total. The van der Waals surface area contributed by atoms with E-state index < -0.39 is 0 Å². The fourth-order valence-corrected chi connectivity index (χ4v) is 5.01. The fourth-order valence-electron chi connectivity index (χ4n) is 5.01. The van der Waals surface area contributed by atoms with E-state index in [9.17, 15) is 0 Å². The topological polar surface area (TPSA) is 43.3 Å². The predicted molar refractivity (Wildman–Crippen MR) is 144 cm³/mol. The van der Waals surface area contributed by atoms with Crippen LogP contribution in [0.1, 0.15) is 80.8 Å². The van der Waals surface area contributed by atoms with Crippen molar-refractivity contribution in [1.29, 1.82) is 0 Å². The molecule has 5 rings (SSSR count). The lowest BCUT2D eigenvalue weighted by atomic mass is 9.96. The van der Waals surface area contributed by atoms with E-state index in [1.54, 1.807) is 7.11 Å². The van der Waals surface area contributed by atoms with E-state index in [4.69, 9.17) is 19.3 Å². The highest BCUT2D eigenvalue weighted by atomic mass is 16.5. The van der Waals surface area contributed by atoms with E-state index in [1.165, 1.54) is 37.7 Å². The van der Waals surface area contributed by atoms with Crippen molar-refractivity contribution in [2.24, 2.45) is 5.10 Å². The van der Waals surface area contributed by atoms with Gasteiger partial charge in [-0.25, -0.2) is 5.01 Å². The van der Waals surface area contributed by atoms with Gasteiger partial charge in [-0.05, 0) is 66.6 Å². The van der Waals surface area contributed by atoms with Crippen molar-refractivity contribution in [1.82, 2.24) is 5.01 Å². The lowest BCUT2D eigenvalue weighted by molar-refractivity contribution is -0.0190. The minimum Gasteiger partial charge on any atom is -0.497 e. The maximum atomic E-state index is 6.50. The molecule has 3 aromatic rings. The maximum Gasteiger partial charge on any atom is 0.213 e. The molecule has 2 aliphatic rings. The summed E-state index contributed by atoms with van der Waals surface area (Å²) in [5.74, 6) is 2.68. The molecule has 0 fully saturated rings. The average molecular weight is 485 g/mol. The summed E-state index contributed by atoms with van der Waals surface area (Å²) in [7, 11) is 1.69. The summed E-state index contributed by atoms with van der Waals surface area (Å²) < 4.78 is 17.8. The smallest absolute Gasteiger partial charge is 0.213 e. The molecule has 5 heteroatoms. The van der Waals surface area contributed by atoms with Gasteiger partial charge in [-0.3, -0.25) is 0 Å². The third-order valence-corrected chi connectivity index (χ3v) is 7.05. The Morgan fingerprint density at radius 2 is 1.58 bits per heavy atom. The van der Waals surface area contributed by atoms with Crippen LogP contribution >= 0.6 is 0 Å². The number of para-hydroxylation sites is 1. The number of fused-ring (bicyclic) bond motifs is 3. The fraction of sp³-hybridized carbons (Fsp3) is 0.387. The van der Waals surface area contributed by atoms with Gasteiger partial charge in [0, 0.05) is 17.5 Å². The Hall–Kier alpha value is -3.47. The number of unbranched alkanes of at least 4 members (excludes halogenated alkanes) is 5. The molecule has 0 amide bonds. The third-order valence-electron chi connectivity index (χ3n) is 7.05. The molecule has 2 heterocycles. The van der Waals surface area contributed by atoms with Gasteiger partial charge in [0.15, 0.2) is 0 Å². The molecule has 0 saturated carbocycles. The van der Waals surface area contributed by atoms with Crippen LogP contribution in [-0.2, 0) is 0 Å². The van der Waals surface area contributed by atoms with Crippen molar-refractivity contribution in [2.75, 3.05) is 13.7 Å². The Kier molecular flexibility index (Phi) is 7.75. The first-order valence-corrected chi connectivity index (χ1v) is 13.3. The molecule has 0 radical (unpaired) electrons. The van der Waals surface area contributed by atoms with Gasteiger partial charge in [0.25, 0.3) is 0 Å². The van der Waals surface area contributed by atoms with Gasteiger partial charge in [0.05, 0.1) is 25.5 Å². The van der Waals surface area contributed by atoms with E-state index in [-0.39, 0.29) is 12.3 Å². The van der Waals surface area contributed by atoms with Crippen LogP contribution in [0.5, 0.6) is 17.2 Å². The quantitative estimate of drug-likeness (QED) is 0.262. The van der Waals surface area contributed by atoms with Crippen molar-refractivity contribution in [3.05, 3.63) is 89.5 Å². The summed E-state index contributed by atoms with van der Waals surface area (Å²) in [6, 6.07) is 24.9. The monoisotopic (exact) mass is 484 g/mol. The molecule has 0 saturated heterocycles. The number of rotatable bonds is 11. The number of nitrogens with zero attached hydrogens (tertiary/aromatic N) is 2. The minimum absolute atomic E-state index is 0.140. The number of ether oxygens (including phenoxy) is 3. The third kappa shape index (κ3) is 5.35. The number of methoxy groups -OCH3 is 1. The minimum atomic E-state index is -0.284. The zero-order chi connectivity index (χ0) is 24.7. The van der Waals surface area contributed by atoms with Crippen LogP contribution in [-0.4, -0.2) is 24.4 Å². The van der Waals surface area contributed by atoms with Gasteiger partial charge < -0.3 is 14.2 Å². The van der Waals surface area contributed by atoms with Crippen molar-refractivity contribution in [2.45, 2.75) is 64.1 Å². The van der Waals surface area contributed by atoms with Gasteiger partial charge in [0.1, 0.15) is 17.2 Å². The highest BCUT2D eigenvalue weighted by Gasteiger charge is 2.40. The van der Waals surface area contributed by atoms with E-state index in [0.717, 1.165) is 53.5 Å². The van der Waals surface area contributed by atoms with Crippen LogP contribution in [0.4, 0.5) is 0 Å². The molecule has 0 bridgehead atoms. The van der Waals surface area contributed by atoms with E-state index in [0.29, 0.717) is 0 Å². The second-order valence-corrected chi connectivity index (χ2v) is 9.57. The highest BCUT2D eigenvalue weighted by Crippen LogP contribution is 2.47. The molecule has 36 heavy (non-hydrogen) atoms. The molecule has 0 aliphatic carbocycles. The maximum absolute atomic E-state index is 6.50. The van der Waals surface area contributed by atoms with Crippen LogP contribution in [0.15, 0.2) is 77.9 Å². The Bertz CT molecular complexity index is 1160. The second-order valence-electron chi connectivity index (χ2n) is 9.57. The van der Waals surface area contributed by atoms with E-state index in [1.807, 2.05) is 18.2 Å². The number of hydrogen-bond acceptors (Lipinski definition) is 5. The zero-order valence-electron chi connectivity index (χ0n) is 21.4. The van der Waals surface area contributed by atoms with Crippen LogP contribution in [0.25, 0.3) is 0 Å². The van der Waals surface area contributed by atoms with Crippen molar-refractivity contribution < 1.29 is 14.2 Å². The lowest BCUT2D eigenvalue weighted by Crippen LogP contribution is -2.33. The summed E-state index contributed by atoms with van der Waals surface area (Å²) >= 11 is 0. The first kappa shape index (κ1) is 24.2. The number of hydrazone groups is 1. The normalized spacial score (nSPS) is 18.2. The van der Waals surface area contributed by atoms with Crippen LogP contribution in [0, 0.1) is 0 Å². The summed E-state index contributed by atoms with van der Waals surface area (Å²) in [4.78, 5) is 0. The zero-order valence-corrected chi connectivity index (χ0v) is 21.4. The molecule has 2 atom stereocenters. The first-order chi connectivity index (χ1) is 17.8. The second kappa shape index (κ2) is 11.5. The van der Waals surface area contributed by atoms with Gasteiger partial charge in [-0.2, -0.15) is 5.10 Å². The van der Waals surface area contributed by atoms with Crippen molar-refractivity contribution in [3.8, 4) is 17.2 Å². The van der Waals surface area contributed by atoms with Gasteiger partial charge in [-0.1, -0.05) is 57.2 Å². The summed E-state index contributed by atoms with van der Waals surface area (Å²) in [6.45, 7) is 3.02. The Labute approximate surface area is 214 Å². The molecule has 2 aliphatic heterocycles. The van der Waals surface area contributed by atoms with Gasteiger partial charge in [-0.15, -0.1) is 0 Å². The first-order valence-electron chi connectivity index (χ1n) is 13.3. The van der Waals surface area contributed by atoms with Crippen LogP contribution < -0.4 is 14.2 Å². The SMILES string of the molecule is CCCCCCCCOc1ccc([C@H]2Oc3ccccc3[C@H]3CC(c4ccc(OC)cc4)=NN32)cc1. The van der Waals surface area contributed by atoms with Gasteiger partial charge in [0.2, 0.25) is 6.23 Å². The molecule has 3 aromatic carbocycles. The van der Waals surface area contributed by atoms with E-state index >= 15 is 0 Å². The molecular weight excluding hydrogens is 448 g/mol. The highest BCUT2D eigenvalue weighted by molar-refractivity contribution is 6.02. The summed E-state index contributed by atoms with van der Waals surface area (Å²) in [5, 5.41) is 7.18. The molecule has 188 valence electrons. The summed E-state index contributed by atoms with van der Waals surface area (Å²) in [6.07, 6.45) is 8.13. The molecule has 0 aromatic heterocycles. The number of hydrogen-bond donors (Lipinski definition) is 0. The van der Waals surface area contributed by atoms with Crippen molar-refractivity contribution in [3.63, 3.8) is 0 Å². The molecular formula is C31H36N2O3. The molecule has 0 spiro atoms. The number of benzene rings is 3. The summed E-state index contributed by atoms with van der Waals surface area (Å²) in [5.41, 5.74) is 4.42. The largest absolute Gasteiger partial charge is 0.497 e. The Morgan fingerprint density at radius 3 is 2.36 bits per heavy atom. The van der Waals surface area contributed by atoms with E-state index in [2.05, 4.69) is 66.5 Å². The van der Waals surface area contributed by atoms with Crippen LogP contribution in [0.3, 0.4) is 0 Å².